The van der Waals surface area contributed by atoms with E-state index in [1.165, 1.54) is 6.42 Å². The molecule has 2 rings (SSSR count). The highest BCUT2D eigenvalue weighted by Crippen LogP contribution is 2.14. The van der Waals surface area contributed by atoms with Crippen molar-refractivity contribution in [2.24, 2.45) is 0 Å². The summed E-state index contributed by atoms with van der Waals surface area (Å²) in [6.45, 7) is 7.41. The summed E-state index contributed by atoms with van der Waals surface area (Å²) in [6.07, 6.45) is 5.79. The van der Waals surface area contributed by atoms with Crippen molar-refractivity contribution in [1.82, 2.24) is 9.88 Å². The zero-order chi connectivity index (χ0) is 15.0. The number of carbonyl (C=O) groups excluding carboxylic acids is 2. The van der Waals surface area contributed by atoms with Gasteiger partial charge in [0.15, 0.2) is 6.29 Å². The first kappa shape index (κ1) is 16.3. The van der Waals surface area contributed by atoms with Crippen LogP contribution in [0.5, 0.6) is 0 Å². The molecule has 112 valence electrons. The quantitative estimate of drug-likeness (QED) is 0.803. The van der Waals surface area contributed by atoms with Crippen molar-refractivity contribution in [2.75, 3.05) is 13.1 Å². The standard InChI is InChI=1S/C10H19NO2.C5H5NO/c1-10(2,3)13-9(12)11-7-5-4-6-8-11;7-4-5-2-1-3-6-5/h4-8H2,1-3H3;1-4,6H. The molecular formula is C15H24N2O3. The number of carbonyl (C=O) groups is 2. The summed E-state index contributed by atoms with van der Waals surface area (Å²) < 4.78 is 5.26. The maximum Gasteiger partial charge on any atom is 0.410 e. The highest BCUT2D eigenvalue weighted by atomic mass is 16.6. The number of aromatic nitrogens is 1. The number of aromatic amines is 1. The monoisotopic (exact) mass is 280 g/mol. The molecule has 5 heteroatoms. The highest BCUT2D eigenvalue weighted by molar-refractivity contribution is 5.71. The molecule has 1 aromatic heterocycles. The lowest BCUT2D eigenvalue weighted by Crippen LogP contribution is -2.39. The Morgan fingerprint density at radius 3 is 2.35 bits per heavy atom. The average Bonchev–Trinajstić information content (AvgIpc) is 2.92. The number of piperidine rings is 1. The number of ether oxygens (including phenoxy) is 1. The minimum Gasteiger partial charge on any atom is -0.444 e. The van der Waals surface area contributed by atoms with Gasteiger partial charge in [-0.2, -0.15) is 0 Å². The molecule has 0 aromatic carbocycles. The first-order valence-corrected chi connectivity index (χ1v) is 6.99. The fraction of sp³-hybridized carbons (Fsp3) is 0.600. The van der Waals surface area contributed by atoms with Gasteiger partial charge in [-0.1, -0.05) is 0 Å². The molecule has 5 nitrogen and oxygen atoms in total. The molecule has 0 spiro atoms. The predicted octanol–water partition coefficient (Wildman–Crippen LogP) is 3.23. The number of H-pyrrole nitrogens is 1. The number of rotatable bonds is 1. The minimum atomic E-state index is -0.367. The summed E-state index contributed by atoms with van der Waals surface area (Å²) in [7, 11) is 0. The van der Waals surface area contributed by atoms with Crippen molar-refractivity contribution in [2.45, 2.75) is 45.6 Å². The first-order chi connectivity index (χ1) is 9.42. The molecule has 20 heavy (non-hydrogen) atoms. The first-order valence-electron chi connectivity index (χ1n) is 6.99. The van der Waals surface area contributed by atoms with Crippen LogP contribution in [0.15, 0.2) is 18.3 Å². The number of likely N-dealkylation sites (tertiary alicyclic amines) is 1. The Kier molecular flexibility index (Phi) is 6.28. The highest BCUT2D eigenvalue weighted by Gasteiger charge is 2.22. The maximum absolute atomic E-state index is 11.5. The van der Waals surface area contributed by atoms with Crippen molar-refractivity contribution in [3.8, 4) is 0 Å². The smallest absolute Gasteiger partial charge is 0.410 e. The van der Waals surface area contributed by atoms with Crippen molar-refractivity contribution in [1.29, 1.82) is 0 Å². The third-order valence-electron chi connectivity index (χ3n) is 2.76. The van der Waals surface area contributed by atoms with Gasteiger partial charge < -0.3 is 14.6 Å². The number of nitrogens with one attached hydrogen (secondary N) is 1. The largest absolute Gasteiger partial charge is 0.444 e. The van der Waals surface area contributed by atoms with E-state index >= 15 is 0 Å². The molecule has 0 aliphatic carbocycles. The Balaban J connectivity index is 0.000000240. The van der Waals surface area contributed by atoms with Gasteiger partial charge in [-0.05, 0) is 52.2 Å². The summed E-state index contributed by atoms with van der Waals surface area (Å²) in [4.78, 5) is 25.9. The summed E-state index contributed by atoms with van der Waals surface area (Å²) in [5, 5.41) is 0. The van der Waals surface area contributed by atoms with E-state index in [0.29, 0.717) is 5.69 Å². The lowest BCUT2D eigenvalue weighted by atomic mass is 10.1. The van der Waals surface area contributed by atoms with Gasteiger partial charge in [-0.3, -0.25) is 4.79 Å². The van der Waals surface area contributed by atoms with Gasteiger partial charge in [-0.15, -0.1) is 0 Å². The van der Waals surface area contributed by atoms with Gasteiger partial charge in [0.2, 0.25) is 0 Å². The molecule has 1 fully saturated rings. The van der Waals surface area contributed by atoms with E-state index in [-0.39, 0.29) is 11.7 Å². The molecule has 0 saturated carbocycles. The van der Waals surface area contributed by atoms with Gasteiger partial charge in [-0.25, -0.2) is 4.79 Å². The van der Waals surface area contributed by atoms with Crippen molar-refractivity contribution >= 4 is 12.4 Å². The number of nitrogens with zero attached hydrogens (tertiary/aromatic N) is 1. The molecule has 1 aromatic rings. The summed E-state index contributed by atoms with van der Waals surface area (Å²) in [6, 6.07) is 3.50. The number of hydrogen-bond donors (Lipinski definition) is 1. The Bertz CT molecular complexity index is 401. The van der Waals surface area contributed by atoms with Gasteiger partial charge in [0.1, 0.15) is 5.60 Å². The summed E-state index contributed by atoms with van der Waals surface area (Å²) in [5.74, 6) is 0. The maximum atomic E-state index is 11.5. The van der Waals surface area contributed by atoms with Gasteiger partial charge in [0, 0.05) is 19.3 Å². The molecular weight excluding hydrogens is 256 g/mol. The topological polar surface area (TPSA) is 62.4 Å². The van der Waals surface area contributed by atoms with Crippen LogP contribution >= 0.6 is 0 Å². The van der Waals surface area contributed by atoms with Crippen molar-refractivity contribution in [3.05, 3.63) is 24.0 Å². The van der Waals surface area contributed by atoms with E-state index < -0.39 is 0 Å². The van der Waals surface area contributed by atoms with Crippen LogP contribution in [0.3, 0.4) is 0 Å². The van der Waals surface area contributed by atoms with Crippen LogP contribution < -0.4 is 0 Å². The molecule has 1 N–H and O–H groups in total. The third-order valence-corrected chi connectivity index (χ3v) is 2.76. The fourth-order valence-electron chi connectivity index (χ4n) is 1.82. The Morgan fingerprint density at radius 1 is 1.30 bits per heavy atom. The molecule has 0 radical (unpaired) electrons. The van der Waals surface area contributed by atoms with Gasteiger partial charge in [0.05, 0.1) is 5.69 Å². The Morgan fingerprint density at radius 2 is 1.95 bits per heavy atom. The minimum absolute atomic E-state index is 0.160. The van der Waals surface area contributed by atoms with Crippen molar-refractivity contribution in [3.63, 3.8) is 0 Å². The van der Waals surface area contributed by atoms with Crippen LogP contribution in [0.25, 0.3) is 0 Å². The SMILES string of the molecule is CC(C)(C)OC(=O)N1CCCCC1.O=Cc1ccc[nH]1. The summed E-state index contributed by atoms with van der Waals surface area (Å²) >= 11 is 0. The number of amides is 1. The normalized spacial score (nSPS) is 15.1. The van der Waals surface area contributed by atoms with Crippen LogP contribution in [0.1, 0.15) is 50.5 Å². The van der Waals surface area contributed by atoms with Crippen LogP contribution in [0, 0.1) is 0 Å². The molecule has 1 saturated heterocycles. The molecule has 0 atom stereocenters. The molecule has 1 amide bonds. The molecule has 1 aliphatic heterocycles. The summed E-state index contributed by atoms with van der Waals surface area (Å²) in [5.41, 5.74) is 0.258. The number of aldehydes is 1. The van der Waals surface area contributed by atoms with E-state index in [4.69, 9.17) is 4.74 Å². The third kappa shape index (κ3) is 6.41. The van der Waals surface area contributed by atoms with Crippen LogP contribution in [-0.2, 0) is 4.74 Å². The van der Waals surface area contributed by atoms with Crippen LogP contribution in [0.2, 0.25) is 0 Å². The van der Waals surface area contributed by atoms with E-state index in [1.807, 2.05) is 20.8 Å². The second-order valence-corrected chi connectivity index (χ2v) is 5.77. The Labute approximate surface area is 120 Å². The van der Waals surface area contributed by atoms with E-state index in [1.54, 1.807) is 23.2 Å². The molecule has 0 unspecified atom stereocenters. The zero-order valence-electron chi connectivity index (χ0n) is 12.5. The molecule has 0 bridgehead atoms. The fourth-order valence-corrected chi connectivity index (χ4v) is 1.82. The van der Waals surface area contributed by atoms with E-state index in [2.05, 4.69) is 4.98 Å². The second-order valence-electron chi connectivity index (χ2n) is 5.77. The zero-order valence-corrected chi connectivity index (χ0v) is 12.5. The lowest BCUT2D eigenvalue weighted by Gasteiger charge is -2.29. The van der Waals surface area contributed by atoms with Gasteiger partial charge >= 0.3 is 6.09 Å². The van der Waals surface area contributed by atoms with E-state index in [0.717, 1.165) is 32.2 Å². The molecule has 1 aliphatic rings. The van der Waals surface area contributed by atoms with Crippen LogP contribution in [-0.4, -0.2) is 41.0 Å². The lowest BCUT2D eigenvalue weighted by molar-refractivity contribution is 0.0216. The Hall–Kier alpha value is -1.78. The number of hydrogen-bond acceptors (Lipinski definition) is 3. The van der Waals surface area contributed by atoms with Crippen LogP contribution in [0.4, 0.5) is 4.79 Å². The van der Waals surface area contributed by atoms with E-state index in [9.17, 15) is 9.59 Å². The predicted molar refractivity (Wildman–Crippen MR) is 77.8 cm³/mol. The van der Waals surface area contributed by atoms with Crippen molar-refractivity contribution < 1.29 is 14.3 Å². The second kappa shape index (κ2) is 7.72. The average molecular weight is 280 g/mol. The van der Waals surface area contributed by atoms with Gasteiger partial charge in [0.25, 0.3) is 0 Å². The molecule has 2 heterocycles.